The Bertz CT molecular complexity index is 387. The number of epoxide rings is 1. The van der Waals surface area contributed by atoms with Crippen molar-refractivity contribution >= 4 is 0 Å². The average molecular weight is 234 g/mol. The second-order valence-corrected chi connectivity index (χ2v) is 4.98. The lowest BCUT2D eigenvalue weighted by Gasteiger charge is -2.15. The highest BCUT2D eigenvalue weighted by Gasteiger charge is 2.41. The van der Waals surface area contributed by atoms with Crippen LogP contribution in [0.4, 0.5) is 0 Å². The molecular formula is C15H22O2. The van der Waals surface area contributed by atoms with Crippen molar-refractivity contribution in [3.8, 4) is 5.75 Å². The lowest BCUT2D eigenvalue weighted by molar-refractivity contribution is 0.320. The van der Waals surface area contributed by atoms with Crippen LogP contribution in [0.2, 0.25) is 0 Å². The zero-order valence-electron chi connectivity index (χ0n) is 11.2. The largest absolute Gasteiger partial charge is 0.496 e. The zero-order chi connectivity index (χ0) is 12.4. The predicted molar refractivity (Wildman–Crippen MR) is 69.6 cm³/mol. The highest BCUT2D eigenvalue weighted by atomic mass is 16.6. The van der Waals surface area contributed by atoms with E-state index < -0.39 is 0 Å². The minimum Gasteiger partial charge on any atom is -0.496 e. The van der Waals surface area contributed by atoms with Crippen molar-refractivity contribution in [1.29, 1.82) is 0 Å². The van der Waals surface area contributed by atoms with Crippen LogP contribution in [0.3, 0.4) is 0 Å². The molecule has 1 saturated heterocycles. The van der Waals surface area contributed by atoms with Gasteiger partial charge in [0.25, 0.3) is 0 Å². The highest BCUT2D eigenvalue weighted by Crippen LogP contribution is 2.35. The van der Waals surface area contributed by atoms with E-state index in [2.05, 4.69) is 26.8 Å². The molecule has 94 valence electrons. The van der Waals surface area contributed by atoms with Gasteiger partial charge in [0.15, 0.2) is 0 Å². The van der Waals surface area contributed by atoms with Gasteiger partial charge in [-0.05, 0) is 42.9 Å². The van der Waals surface area contributed by atoms with Crippen LogP contribution in [-0.2, 0) is 11.2 Å². The third-order valence-corrected chi connectivity index (χ3v) is 3.70. The molecule has 0 N–H and O–H groups in total. The van der Waals surface area contributed by atoms with Crippen LogP contribution >= 0.6 is 0 Å². The van der Waals surface area contributed by atoms with Crippen LogP contribution in [-0.4, -0.2) is 19.3 Å². The molecule has 3 atom stereocenters. The van der Waals surface area contributed by atoms with Crippen molar-refractivity contribution in [3.63, 3.8) is 0 Å². The molecule has 2 nitrogen and oxygen atoms in total. The van der Waals surface area contributed by atoms with E-state index >= 15 is 0 Å². The number of aryl methyl sites for hydroxylation is 1. The minimum absolute atomic E-state index is 0.448. The maximum Gasteiger partial charge on any atom is 0.122 e. The summed E-state index contributed by atoms with van der Waals surface area (Å²) in [6.45, 7) is 6.60. The van der Waals surface area contributed by atoms with E-state index in [1.165, 1.54) is 11.1 Å². The molecular weight excluding hydrogens is 212 g/mol. The Morgan fingerprint density at radius 1 is 1.41 bits per heavy atom. The second-order valence-electron chi connectivity index (χ2n) is 4.98. The summed E-state index contributed by atoms with van der Waals surface area (Å²) in [6, 6.07) is 6.24. The van der Waals surface area contributed by atoms with Crippen molar-refractivity contribution < 1.29 is 9.47 Å². The fraction of sp³-hybridized carbons (Fsp3) is 0.600. The molecule has 1 fully saturated rings. The van der Waals surface area contributed by atoms with Gasteiger partial charge in [0, 0.05) is 0 Å². The highest BCUT2D eigenvalue weighted by molar-refractivity contribution is 5.40. The summed E-state index contributed by atoms with van der Waals surface area (Å²) >= 11 is 0. The van der Waals surface area contributed by atoms with Crippen LogP contribution in [0.25, 0.3) is 0 Å². The molecule has 1 heterocycles. The summed E-state index contributed by atoms with van der Waals surface area (Å²) in [4.78, 5) is 0. The molecule has 1 aliphatic rings. The third kappa shape index (κ3) is 2.63. The van der Waals surface area contributed by atoms with Crippen molar-refractivity contribution in [2.24, 2.45) is 5.92 Å². The molecule has 0 aliphatic carbocycles. The van der Waals surface area contributed by atoms with Crippen molar-refractivity contribution in [2.45, 2.75) is 45.8 Å². The Morgan fingerprint density at radius 3 is 2.76 bits per heavy atom. The Morgan fingerprint density at radius 2 is 2.18 bits per heavy atom. The number of hydrogen-bond donors (Lipinski definition) is 0. The molecule has 0 aromatic heterocycles. The van der Waals surface area contributed by atoms with Crippen molar-refractivity contribution in [1.82, 2.24) is 0 Å². The molecule has 2 heteroatoms. The standard InChI is InChI=1S/C15H22O2/c1-5-13-15(17-13)11(3)9-12-10(2)7-6-8-14(12)16-4/h6-8,11,13,15H,5,9H2,1-4H3. The monoisotopic (exact) mass is 234 g/mol. The lowest BCUT2D eigenvalue weighted by atomic mass is 9.93. The van der Waals surface area contributed by atoms with Gasteiger partial charge in [-0.25, -0.2) is 0 Å². The van der Waals surface area contributed by atoms with Gasteiger partial charge in [0.05, 0.1) is 19.3 Å². The van der Waals surface area contributed by atoms with E-state index in [0.29, 0.717) is 18.1 Å². The van der Waals surface area contributed by atoms with Crippen molar-refractivity contribution in [2.75, 3.05) is 7.11 Å². The fourth-order valence-corrected chi connectivity index (χ4v) is 2.55. The normalized spacial score (nSPS) is 24.5. The summed E-state index contributed by atoms with van der Waals surface area (Å²) in [5.41, 5.74) is 2.64. The van der Waals surface area contributed by atoms with E-state index in [9.17, 15) is 0 Å². The summed E-state index contributed by atoms with van der Waals surface area (Å²) < 4.78 is 11.1. The van der Waals surface area contributed by atoms with Gasteiger partial charge in [0.1, 0.15) is 5.75 Å². The fourth-order valence-electron chi connectivity index (χ4n) is 2.55. The Kier molecular flexibility index (Phi) is 3.72. The number of rotatable bonds is 5. The van der Waals surface area contributed by atoms with Gasteiger partial charge in [-0.3, -0.25) is 0 Å². The summed E-state index contributed by atoms with van der Waals surface area (Å²) in [7, 11) is 1.74. The van der Waals surface area contributed by atoms with Crippen LogP contribution in [0.1, 0.15) is 31.4 Å². The number of hydrogen-bond acceptors (Lipinski definition) is 2. The quantitative estimate of drug-likeness (QED) is 0.729. The number of ether oxygens (including phenoxy) is 2. The molecule has 17 heavy (non-hydrogen) atoms. The Hall–Kier alpha value is -1.02. The number of methoxy groups -OCH3 is 1. The van der Waals surface area contributed by atoms with Gasteiger partial charge in [-0.1, -0.05) is 26.0 Å². The molecule has 0 spiro atoms. The van der Waals surface area contributed by atoms with Gasteiger partial charge in [-0.2, -0.15) is 0 Å². The second kappa shape index (κ2) is 5.09. The molecule has 3 unspecified atom stereocenters. The first kappa shape index (κ1) is 12.4. The first-order chi connectivity index (χ1) is 8.17. The van der Waals surface area contributed by atoms with E-state index in [4.69, 9.17) is 9.47 Å². The topological polar surface area (TPSA) is 21.8 Å². The summed E-state index contributed by atoms with van der Waals surface area (Å²) in [5.74, 6) is 1.57. The minimum atomic E-state index is 0.448. The Labute approximate surface area is 104 Å². The van der Waals surface area contributed by atoms with Crippen LogP contribution in [0.15, 0.2) is 18.2 Å². The molecule has 1 aromatic rings. The van der Waals surface area contributed by atoms with Crippen molar-refractivity contribution in [3.05, 3.63) is 29.3 Å². The molecule has 1 aromatic carbocycles. The lowest BCUT2D eigenvalue weighted by Crippen LogP contribution is -2.11. The first-order valence-corrected chi connectivity index (χ1v) is 6.45. The predicted octanol–water partition coefficient (Wildman–Crippen LogP) is 3.36. The van der Waals surface area contributed by atoms with E-state index in [-0.39, 0.29) is 0 Å². The van der Waals surface area contributed by atoms with Crippen LogP contribution in [0.5, 0.6) is 5.75 Å². The smallest absolute Gasteiger partial charge is 0.122 e. The summed E-state index contributed by atoms with van der Waals surface area (Å²) in [6.07, 6.45) is 3.10. The van der Waals surface area contributed by atoms with Crippen LogP contribution < -0.4 is 4.74 Å². The van der Waals surface area contributed by atoms with Gasteiger partial charge < -0.3 is 9.47 Å². The SMILES string of the molecule is CCC1OC1C(C)Cc1c(C)cccc1OC. The Balaban J connectivity index is 2.08. The molecule has 0 radical (unpaired) electrons. The van der Waals surface area contributed by atoms with Crippen LogP contribution in [0, 0.1) is 12.8 Å². The molecule has 2 rings (SSSR count). The molecule has 0 bridgehead atoms. The zero-order valence-corrected chi connectivity index (χ0v) is 11.2. The van der Waals surface area contributed by atoms with Gasteiger partial charge in [0.2, 0.25) is 0 Å². The number of benzene rings is 1. The first-order valence-electron chi connectivity index (χ1n) is 6.45. The molecule has 1 aliphatic heterocycles. The summed E-state index contributed by atoms with van der Waals surface area (Å²) in [5, 5.41) is 0. The van der Waals surface area contributed by atoms with E-state index in [1.54, 1.807) is 7.11 Å². The maximum atomic E-state index is 5.67. The average Bonchev–Trinajstić information content (AvgIpc) is 3.11. The molecule has 0 amide bonds. The third-order valence-electron chi connectivity index (χ3n) is 3.70. The van der Waals surface area contributed by atoms with Gasteiger partial charge >= 0.3 is 0 Å². The van der Waals surface area contributed by atoms with Gasteiger partial charge in [-0.15, -0.1) is 0 Å². The maximum absolute atomic E-state index is 5.67. The van der Waals surface area contributed by atoms with E-state index in [1.807, 2.05) is 12.1 Å². The molecule has 0 saturated carbocycles. The van der Waals surface area contributed by atoms with E-state index in [0.717, 1.165) is 18.6 Å².